The van der Waals surface area contributed by atoms with Crippen molar-refractivity contribution in [2.24, 2.45) is 5.92 Å². The molecule has 1 aromatic rings. The van der Waals surface area contributed by atoms with E-state index in [1.807, 2.05) is 0 Å². The van der Waals surface area contributed by atoms with E-state index in [1.54, 1.807) is 23.1 Å². The third kappa shape index (κ3) is 4.78. The number of ether oxygens (including phenoxy) is 2. The van der Waals surface area contributed by atoms with Gasteiger partial charge >= 0.3 is 0 Å². The maximum atomic E-state index is 12.7. The first-order chi connectivity index (χ1) is 11.8. The highest BCUT2D eigenvalue weighted by Gasteiger charge is 2.28. The Balaban J connectivity index is 2.30. The van der Waals surface area contributed by atoms with Gasteiger partial charge in [0.15, 0.2) is 0 Å². The van der Waals surface area contributed by atoms with Gasteiger partial charge in [-0.15, -0.1) is 0 Å². The lowest BCUT2D eigenvalue weighted by molar-refractivity contribution is -0.131. The van der Waals surface area contributed by atoms with Crippen molar-refractivity contribution >= 4 is 21.6 Å². The molecule has 0 aliphatic carbocycles. The molecule has 1 fully saturated rings. The van der Waals surface area contributed by atoms with Crippen LogP contribution in [0, 0.1) is 5.92 Å². The van der Waals surface area contributed by atoms with Crippen LogP contribution in [0.4, 0.5) is 5.69 Å². The maximum Gasteiger partial charge on any atom is 0.243 e. The van der Waals surface area contributed by atoms with Gasteiger partial charge in [-0.2, -0.15) is 0 Å². The third-order valence-electron chi connectivity index (χ3n) is 4.34. The predicted molar refractivity (Wildman–Crippen MR) is 96.7 cm³/mol. The van der Waals surface area contributed by atoms with Gasteiger partial charge in [-0.3, -0.25) is 9.10 Å². The number of rotatable bonds is 6. The fourth-order valence-corrected chi connectivity index (χ4v) is 3.86. The van der Waals surface area contributed by atoms with Crippen LogP contribution in [0.25, 0.3) is 0 Å². The third-order valence-corrected chi connectivity index (χ3v) is 5.47. The topological polar surface area (TPSA) is 76.2 Å². The number of carbonyl (C=O) groups excluding carboxylic acids is 1. The average molecular weight is 370 g/mol. The van der Waals surface area contributed by atoms with Gasteiger partial charge in [0, 0.05) is 19.2 Å². The van der Waals surface area contributed by atoms with Crippen LogP contribution in [0.15, 0.2) is 18.2 Å². The zero-order valence-electron chi connectivity index (χ0n) is 15.2. The van der Waals surface area contributed by atoms with Crippen molar-refractivity contribution in [3.8, 4) is 11.5 Å². The minimum absolute atomic E-state index is 0.199. The summed E-state index contributed by atoms with van der Waals surface area (Å²) in [6.07, 6.45) is 3.12. The molecule has 1 aromatic carbocycles. The number of nitrogens with zero attached hydrogens (tertiary/aromatic N) is 2. The maximum absolute atomic E-state index is 12.7. The molecule has 1 saturated heterocycles. The molecule has 1 heterocycles. The van der Waals surface area contributed by atoms with Crippen LogP contribution in [0.5, 0.6) is 11.5 Å². The number of hydrogen-bond donors (Lipinski definition) is 0. The molecular formula is C17H26N2O5S. The average Bonchev–Trinajstić information content (AvgIpc) is 2.58. The second-order valence-corrected chi connectivity index (χ2v) is 8.30. The smallest absolute Gasteiger partial charge is 0.243 e. The van der Waals surface area contributed by atoms with Crippen LogP contribution in [0.3, 0.4) is 0 Å². The Morgan fingerprint density at radius 3 is 2.60 bits per heavy atom. The van der Waals surface area contributed by atoms with Gasteiger partial charge in [-0.05, 0) is 30.9 Å². The number of piperidine rings is 1. The summed E-state index contributed by atoms with van der Waals surface area (Å²) in [5.74, 6) is 1.12. The Morgan fingerprint density at radius 1 is 1.32 bits per heavy atom. The summed E-state index contributed by atoms with van der Waals surface area (Å²) in [4.78, 5) is 14.4. The fourth-order valence-electron chi connectivity index (χ4n) is 3.01. The molecule has 1 aliphatic rings. The Labute approximate surface area is 149 Å². The summed E-state index contributed by atoms with van der Waals surface area (Å²) >= 11 is 0. The Morgan fingerprint density at radius 2 is 2.04 bits per heavy atom. The summed E-state index contributed by atoms with van der Waals surface area (Å²) < 4.78 is 36.1. The second-order valence-electron chi connectivity index (χ2n) is 6.39. The van der Waals surface area contributed by atoms with Crippen LogP contribution in [0.2, 0.25) is 0 Å². The largest absolute Gasteiger partial charge is 0.497 e. The number of carbonyl (C=O) groups is 1. The van der Waals surface area contributed by atoms with Gasteiger partial charge in [0.1, 0.15) is 18.0 Å². The van der Waals surface area contributed by atoms with Gasteiger partial charge in [0.2, 0.25) is 15.9 Å². The molecule has 25 heavy (non-hydrogen) atoms. The molecule has 0 radical (unpaired) electrons. The quantitative estimate of drug-likeness (QED) is 0.762. The van der Waals surface area contributed by atoms with Gasteiger partial charge in [-0.25, -0.2) is 8.42 Å². The first kappa shape index (κ1) is 19.4. The summed E-state index contributed by atoms with van der Waals surface area (Å²) in [5, 5.41) is 0. The molecule has 0 unspecified atom stereocenters. The number of sulfonamides is 1. The first-order valence-electron chi connectivity index (χ1n) is 8.23. The van der Waals surface area contributed by atoms with Crippen molar-refractivity contribution in [1.29, 1.82) is 0 Å². The SMILES string of the molecule is COc1ccc(N(CC(=O)N2CCC[C@@H](C)C2)S(C)(=O)=O)c(OC)c1. The van der Waals surface area contributed by atoms with E-state index in [0.29, 0.717) is 36.2 Å². The Bertz CT molecular complexity index is 720. The summed E-state index contributed by atoms with van der Waals surface area (Å²) in [5.41, 5.74) is 0.323. The number of methoxy groups -OCH3 is 2. The zero-order valence-corrected chi connectivity index (χ0v) is 16.0. The van der Waals surface area contributed by atoms with Crippen LogP contribution in [-0.4, -0.2) is 59.3 Å². The molecule has 8 heteroatoms. The molecule has 140 valence electrons. The van der Waals surface area contributed by atoms with Gasteiger partial charge < -0.3 is 14.4 Å². The van der Waals surface area contributed by atoms with Crippen molar-refractivity contribution in [2.75, 3.05) is 44.4 Å². The van der Waals surface area contributed by atoms with E-state index in [1.165, 1.54) is 14.2 Å². The molecule has 1 aliphatic heterocycles. The second kappa shape index (κ2) is 7.95. The minimum atomic E-state index is -3.65. The predicted octanol–water partition coefficient (Wildman–Crippen LogP) is 1.73. The molecule has 0 aromatic heterocycles. The van der Waals surface area contributed by atoms with E-state index in [9.17, 15) is 13.2 Å². The lowest BCUT2D eigenvalue weighted by Gasteiger charge is -2.33. The van der Waals surface area contributed by atoms with E-state index in [2.05, 4.69) is 6.92 Å². The van der Waals surface area contributed by atoms with Crippen LogP contribution < -0.4 is 13.8 Å². The number of hydrogen-bond acceptors (Lipinski definition) is 5. The lowest BCUT2D eigenvalue weighted by Crippen LogP contribution is -2.46. The van der Waals surface area contributed by atoms with Crippen molar-refractivity contribution in [1.82, 2.24) is 4.90 Å². The summed E-state index contributed by atoms with van der Waals surface area (Å²) in [6, 6.07) is 4.83. The lowest BCUT2D eigenvalue weighted by atomic mass is 10.0. The standard InChI is InChI=1S/C17H26N2O5S/c1-13-6-5-9-18(11-13)17(20)12-19(25(4,21)22)15-8-7-14(23-2)10-16(15)24-3/h7-8,10,13H,5-6,9,11-12H2,1-4H3/t13-/m1/s1. The zero-order chi connectivity index (χ0) is 18.6. The van der Waals surface area contributed by atoms with E-state index >= 15 is 0 Å². The van der Waals surface area contributed by atoms with Crippen molar-refractivity contribution in [3.05, 3.63) is 18.2 Å². The molecule has 1 atom stereocenters. The minimum Gasteiger partial charge on any atom is -0.497 e. The molecular weight excluding hydrogens is 344 g/mol. The van der Waals surface area contributed by atoms with Crippen molar-refractivity contribution < 1.29 is 22.7 Å². The highest BCUT2D eigenvalue weighted by atomic mass is 32.2. The van der Waals surface area contributed by atoms with Crippen molar-refractivity contribution in [3.63, 3.8) is 0 Å². The molecule has 0 N–H and O–H groups in total. The van der Waals surface area contributed by atoms with Gasteiger partial charge in [-0.1, -0.05) is 6.92 Å². The number of anilines is 1. The normalized spacial score (nSPS) is 17.9. The Kier molecular flexibility index (Phi) is 6.16. The van der Waals surface area contributed by atoms with E-state index in [4.69, 9.17) is 9.47 Å². The van der Waals surface area contributed by atoms with Crippen LogP contribution >= 0.6 is 0 Å². The van der Waals surface area contributed by atoms with Crippen LogP contribution in [-0.2, 0) is 14.8 Å². The fraction of sp³-hybridized carbons (Fsp3) is 0.588. The molecule has 0 bridgehead atoms. The number of benzene rings is 1. The summed E-state index contributed by atoms with van der Waals surface area (Å²) in [7, 11) is -0.683. The molecule has 0 saturated carbocycles. The number of amides is 1. The van der Waals surface area contributed by atoms with E-state index in [0.717, 1.165) is 23.4 Å². The van der Waals surface area contributed by atoms with Crippen molar-refractivity contribution in [2.45, 2.75) is 19.8 Å². The highest BCUT2D eigenvalue weighted by Crippen LogP contribution is 2.33. The summed E-state index contributed by atoms with van der Waals surface area (Å²) in [6.45, 7) is 3.19. The molecule has 1 amide bonds. The molecule has 2 rings (SSSR count). The van der Waals surface area contributed by atoms with Gasteiger partial charge in [0.25, 0.3) is 0 Å². The number of likely N-dealkylation sites (tertiary alicyclic amines) is 1. The van der Waals surface area contributed by atoms with E-state index in [-0.39, 0.29) is 12.5 Å². The first-order valence-corrected chi connectivity index (χ1v) is 10.1. The Hall–Kier alpha value is -1.96. The van der Waals surface area contributed by atoms with Gasteiger partial charge in [0.05, 0.1) is 26.2 Å². The molecule has 7 nitrogen and oxygen atoms in total. The monoisotopic (exact) mass is 370 g/mol. The van der Waals surface area contributed by atoms with Crippen LogP contribution in [0.1, 0.15) is 19.8 Å². The molecule has 0 spiro atoms. The highest BCUT2D eigenvalue weighted by molar-refractivity contribution is 7.92. The van der Waals surface area contributed by atoms with E-state index < -0.39 is 10.0 Å².